The number of aliphatic hydroxyl groups is 14. The first-order valence-corrected chi connectivity index (χ1v) is 51.1. The molecule has 0 radical (unpaired) electrons. The van der Waals surface area contributed by atoms with Crippen LogP contribution in [0, 0.1) is 123 Å². The van der Waals surface area contributed by atoms with Crippen molar-refractivity contribution in [3.8, 4) is 0 Å². The number of hydrogen-bond acceptors (Lipinski definition) is 26. The number of hydrogen-bond donors (Lipinski definition) is 14. The molecular weight excluding hydrogens is 1680 g/mol. The average Bonchev–Trinajstić information content (AvgIpc) is 0.743. The van der Waals surface area contributed by atoms with E-state index in [0.717, 1.165) is 173 Å². The Hall–Kier alpha value is -3.74. The molecule has 0 aromatic carbocycles. The van der Waals surface area contributed by atoms with Gasteiger partial charge in [0.2, 0.25) is 0 Å². The van der Waals surface area contributed by atoms with Gasteiger partial charge in [-0.2, -0.15) is 0 Å². The molecule has 24 aliphatic rings. The van der Waals surface area contributed by atoms with E-state index in [4.69, 9.17) is 28.4 Å². The second kappa shape index (κ2) is 36.4. The van der Waals surface area contributed by atoms with E-state index >= 15 is 0 Å². The topological polar surface area (TPSA) is 441 Å². The van der Waals surface area contributed by atoms with Crippen LogP contribution in [0.3, 0.4) is 0 Å². The van der Waals surface area contributed by atoms with E-state index in [-0.39, 0.29) is 161 Å². The second-order valence-corrected chi connectivity index (χ2v) is 53.1. The lowest BCUT2D eigenvalue weighted by Crippen LogP contribution is -2.70. The lowest BCUT2D eigenvalue weighted by molar-refractivity contribution is -0.287. The van der Waals surface area contributed by atoms with Gasteiger partial charge in [0.05, 0.1) is 118 Å². The average molecular weight is 1850 g/mol. The summed E-state index contributed by atoms with van der Waals surface area (Å²) in [6.07, 6.45) is 32.0. The van der Waals surface area contributed by atoms with Crippen molar-refractivity contribution in [1.29, 1.82) is 0 Å². The van der Waals surface area contributed by atoms with Crippen LogP contribution >= 0.6 is 0 Å². The minimum Gasteiger partial charge on any atom is -0.465 e. The van der Waals surface area contributed by atoms with E-state index < -0.39 is 71.9 Å². The van der Waals surface area contributed by atoms with Crippen molar-refractivity contribution >= 4 is 35.8 Å². The van der Waals surface area contributed by atoms with Gasteiger partial charge >= 0.3 is 35.8 Å². The Bertz CT molecular complexity index is 3970. The van der Waals surface area contributed by atoms with Crippen LogP contribution in [0.4, 0.5) is 0 Å². The Morgan fingerprint density at radius 3 is 0.603 bits per heavy atom. The quantitative estimate of drug-likeness (QED) is 0.0235. The first-order chi connectivity index (χ1) is 60.6. The fraction of sp³-hybridized carbons (Fsp3) is 0.943. The minimum absolute atomic E-state index is 0.0198. The maximum atomic E-state index is 12.4. The summed E-state index contributed by atoms with van der Waals surface area (Å²) in [6, 6.07) is 0. The summed E-state index contributed by atoms with van der Waals surface area (Å²) in [5, 5.41) is 146. The minimum atomic E-state index is -1.04. The third-order valence-electron chi connectivity index (χ3n) is 38.0. The summed E-state index contributed by atoms with van der Waals surface area (Å²) >= 11 is 0. The summed E-state index contributed by atoms with van der Waals surface area (Å²) in [7, 11) is 0. The molecule has 0 aromatic rings. The van der Waals surface area contributed by atoms with Gasteiger partial charge in [0.25, 0.3) is 0 Å². The monoisotopic (exact) mass is 1850 g/mol. The van der Waals surface area contributed by atoms with Crippen LogP contribution in [0.5, 0.6) is 0 Å². The third-order valence-corrected chi connectivity index (χ3v) is 38.0. The smallest absolute Gasteiger partial charge is 0.311 e. The molecule has 24 bridgehead atoms. The molecule has 24 aliphatic carbocycles. The van der Waals surface area contributed by atoms with Crippen LogP contribution in [-0.2, 0) is 57.2 Å². The number of rotatable bonds is 30. The summed E-state index contributed by atoms with van der Waals surface area (Å²) < 4.78 is 33.7. The van der Waals surface area contributed by atoms with Crippen molar-refractivity contribution in [2.75, 3.05) is 79.3 Å². The maximum Gasteiger partial charge on any atom is 0.311 e. The highest BCUT2D eigenvalue weighted by molar-refractivity contribution is 5.77. The van der Waals surface area contributed by atoms with Crippen molar-refractivity contribution in [2.24, 2.45) is 123 Å². The lowest BCUT2D eigenvalue weighted by atomic mass is 9.40. The van der Waals surface area contributed by atoms with Crippen molar-refractivity contribution in [3.63, 3.8) is 0 Å². The highest BCUT2D eigenvalue weighted by atomic mass is 16.6. The van der Waals surface area contributed by atoms with Crippen LogP contribution in [0.15, 0.2) is 0 Å². The van der Waals surface area contributed by atoms with Crippen LogP contribution in [-0.4, -0.2) is 231 Å². The molecular formula is C105H174O26. The molecule has 0 aromatic heterocycles. The number of esters is 6. The molecule has 0 spiro atoms. The molecule has 24 fully saturated rings. The Morgan fingerprint density at radius 2 is 0.397 bits per heavy atom. The van der Waals surface area contributed by atoms with Gasteiger partial charge in [0.15, 0.2) is 0 Å². The van der Waals surface area contributed by atoms with Crippen molar-refractivity contribution in [2.45, 2.75) is 418 Å². The first kappa shape index (κ1) is 105. The second-order valence-electron chi connectivity index (χ2n) is 53.1. The van der Waals surface area contributed by atoms with Crippen molar-refractivity contribution < 1.29 is 129 Å². The first-order valence-electron chi connectivity index (χ1n) is 51.1. The molecule has 0 saturated heterocycles. The Kier molecular flexibility index (Phi) is 29.1. The molecule has 14 N–H and O–H groups in total. The molecule has 15 atom stereocenters. The van der Waals surface area contributed by atoms with Crippen LogP contribution in [0.2, 0.25) is 0 Å². The predicted octanol–water partition coefficient (Wildman–Crippen LogP) is 13.0. The summed E-state index contributed by atoms with van der Waals surface area (Å²) in [5.74, 6) is 0.828. The Balaban J connectivity index is 0.000000134. The fourth-order valence-electron chi connectivity index (χ4n) is 34.3. The van der Waals surface area contributed by atoms with E-state index in [1.165, 1.54) is 0 Å². The molecule has 750 valence electrons. The van der Waals surface area contributed by atoms with E-state index in [9.17, 15) is 100 Å². The molecule has 0 heterocycles. The standard InChI is InChI=1S/C19H32O4.2C18H30O4.C17H28O5.C17H28O4.C16H26O5/c1-4-16(2,3)15(22)23-13-19-7-14-5-17(9-19,11-20)8-18(6-14,10-19)12-21;1-4-15(2,3)14(20)22-12-17-6-13-5-16(8-17,11-19)9-18(21,7-13)10-17;1-3-13(2)15(21)22-12-18-6-14-4-16(8-18,10-19)7-17(5-14,9-18)11-20;1-4-13(2,3)12(18)22-11-14-5-15(19)8-16(20,6-14)10-17(21,7-14)9-15;1-3-12(2)14(19)21-11-16-5-13-4-15(7-16,10-18)8-17(20,6-13)9-16;1-3-11(2)12(17)21-10-13-4-14(18)7-15(19,5-13)9-16(20,6-13)8-14/h14,20-21H,4-13H2,1-3H3;13,19,21H,4-12H2,1-3H3;13-14,19-20H,3-12H2,1-2H3;19-21H,4-11H2,1-3H3;12-13,18,20H,3-11H2,1-2H3;11,18-20H,3-10H2,1-2H3. The summed E-state index contributed by atoms with van der Waals surface area (Å²) in [4.78, 5) is 72.8. The van der Waals surface area contributed by atoms with Gasteiger partial charge < -0.3 is 99.9 Å². The van der Waals surface area contributed by atoms with Crippen molar-refractivity contribution in [3.05, 3.63) is 0 Å². The Morgan fingerprint density at radius 1 is 0.237 bits per heavy atom. The highest BCUT2D eigenvalue weighted by Crippen LogP contribution is 2.74. The zero-order chi connectivity index (χ0) is 96.4. The SMILES string of the molecule is CCC(C)(C)C(=O)OCC12CC3(O)CC(O)(CC(O)(C3)C1)C2.CCC(C)(C)C(=O)OCC12CC3CC(CO)(CC(CO)(C3)C1)C2.CCC(C)(C)C(=O)OCC12CC3CC(O)(CC(CO)(C3)C1)C2.CCC(C)C(=O)OCC12CC3(O)CC(O)(CC(O)(C3)C1)C2.CCC(C)C(=O)OCC12CC3CC(CO)(CC(CO)(C3)C1)C2.CCC(C)C(=O)OCC12CC3CC(O)(CC(CO)(C3)C1)C2. The van der Waals surface area contributed by atoms with E-state index in [1.54, 1.807) is 0 Å². The molecule has 0 aliphatic heterocycles. The van der Waals surface area contributed by atoms with Crippen LogP contribution in [0.25, 0.3) is 0 Å². The molecule has 26 nitrogen and oxygen atoms in total. The van der Waals surface area contributed by atoms with Gasteiger partial charge in [-0.1, -0.05) is 62.3 Å². The molecule has 0 amide bonds. The number of aliphatic hydroxyl groups excluding tert-OH is 6. The van der Waals surface area contributed by atoms with Gasteiger partial charge in [-0.25, -0.2) is 0 Å². The normalized spacial score (nSPS) is 45.1. The van der Waals surface area contributed by atoms with E-state index in [1.807, 2.05) is 104 Å². The molecule has 26 heteroatoms. The fourth-order valence-corrected chi connectivity index (χ4v) is 34.3. The molecule has 24 rings (SSSR count). The lowest BCUT2D eigenvalue weighted by Gasteiger charge is -2.66. The summed E-state index contributed by atoms with van der Waals surface area (Å²) in [6.45, 7) is 32.1. The van der Waals surface area contributed by atoms with E-state index in [2.05, 4.69) is 0 Å². The van der Waals surface area contributed by atoms with Gasteiger partial charge in [-0.3, -0.25) is 28.8 Å². The maximum absolute atomic E-state index is 12.4. The van der Waals surface area contributed by atoms with Crippen LogP contribution < -0.4 is 0 Å². The highest BCUT2D eigenvalue weighted by Gasteiger charge is 2.72. The summed E-state index contributed by atoms with van der Waals surface area (Å²) in [5.41, 5.74) is -10.7. The number of carbonyl (C=O) groups excluding carboxylic acids is 6. The number of ether oxygens (including phenoxy) is 6. The third kappa shape index (κ3) is 21.8. The zero-order valence-corrected chi connectivity index (χ0v) is 82.9. The van der Waals surface area contributed by atoms with Gasteiger partial charge in [0.1, 0.15) is 0 Å². The van der Waals surface area contributed by atoms with Gasteiger partial charge in [-0.05, 0) is 329 Å². The molecule has 15 unspecified atom stereocenters. The van der Waals surface area contributed by atoms with Gasteiger partial charge in [0, 0.05) is 111 Å². The number of carbonyl (C=O) groups is 6. The molecule has 131 heavy (non-hydrogen) atoms. The van der Waals surface area contributed by atoms with E-state index in [0.29, 0.717) is 146 Å². The largest absolute Gasteiger partial charge is 0.465 e. The van der Waals surface area contributed by atoms with Crippen LogP contribution in [0.1, 0.15) is 374 Å². The predicted molar refractivity (Wildman–Crippen MR) is 488 cm³/mol. The zero-order valence-electron chi connectivity index (χ0n) is 82.9. The van der Waals surface area contributed by atoms with Crippen molar-refractivity contribution in [1.82, 2.24) is 0 Å². The Labute approximate surface area is 780 Å². The molecule has 24 saturated carbocycles. The van der Waals surface area contributed by atoms with Gasteiger partial charge in [-0.15, -0.1) is 0 Å².